The number of aryl methyl sites for hydroxylation is 1. The molecule has 1 atom stereocenters. The third-order valence-electron chi connectivity index (χ3n) is 4.41. The average molecular weight is 260 g/mol. The Balaban J connectivity index is 1.57. The Morgan fingerprint density at radius 1 is 1.16 bits per heavy atom. The maximum atomic E-state index is 5.98. The standard InChI is InChI=1S/C17H28N2/c1-15(18)17-10-13-19(14-11-17)12-6-5-9-16-7-3-2-4-8-16/h2-4,7-8,15,17H,5-6,9-14,18H2,1H3. The summed E-state index contributed by atoms with van der Waals surface area (Å²) in [6.45, 7) is 5.91. The quantitative estimate of drug-likeness (QED) is 0.797. The van der Waals surface area contributed by atoms with Gasteiger partial charge in [-0.15, -0.1) is 0 Å². The molecule has 19 heavy (non-hydrogen) atoms. The molecule has 1 aliphatic rings. The average Bonchev–Trinajstić information content (AvgIpc) is 2.45. The highest BCUT2D eigenvalue weighted by Crippen LogP contribution is 2.19. The van der Waals surface area contributed by atoms with Crippen LogP contribution >= 0.6 is 0 Å². The number of unbranched alkanes of at least 4 members (excludes halogenated alkanes) is 1. The van der Waals surface area contributed by atoms with Crippen LogP contribution in [0.1, 0.15) is 38.2 Å². The van der Waals surface area contributed by atoms with Crippen LogP contribution in [0.15, 0.2) is 30.3 Å². The fourth-order valence-corrected chi connectivity index (χ4v) is 3.01. The summed E-state index contributed by atoms with van der Waals surface area (Å²) < 4.78 is 0. The van der Waals surface area contributed by atoms with Gasteiger partial charge in [0, 0.05) is 6.04 Å². The van der Waals surface area contributed by atoms with Crippen molar-refractivity contribution in [3.63, 3.8) is 0 Å². The molecule has 0 aliphatic carbocycles. The van der Waals surface area contributed by atoms with Gasteiger partial charge in [-0.1, -0.05) is 30.3 Å². The van der Waals surface area contributed by atoms with E-state index in [-0.39, 0.29) is 0 Å². The number of hydrogen-bond acceptors (Lipinski definition) is 2. The molecule has 1 heterocycles. The monoisotopic (exact) mass is 260 g/mol. The van der Waals surface area contributed by atoms with E-state index < -0.39 is 0 Å². The summed E-state index contributed by atoms with van der Waals surface area (Å²) in [5, 5.41) is 0. The van der Waals surface area contributed by atoms with Crippen LogP contribution in [0.3, 0.4) is 0 Å². The minimum Gasteiger partial charge on any atom is -0.328 e. The first-order chi connectivity index (χ1) is 9.25. The highest BCUT2D eigenvalue weighted by atomic mass is 15.1. The van der Waals surface area contributed by atoms with Crippen molar-refractivity contribution in [2.45, 2.75) is 45.1 Å². The van der Waals surface area contributed by atoms with Gasteiger partial charge in [-0.05, 0) is 70.1 Å². The van der Waals surface area contributed by atoms with E-state index in [0.29, 0.717) is 6.04 Å². The maximum absolute atomic E-state index is 5.98. The van der Waals surface area contributed by atoms with Crippen molar-refractivity contribution >= 4 is 0 Å². The molecule has 0 aromatic heterocycles. The van der Waals surface area contributed by atoms with Crippen molar-refractivity contribution in [1.29, 1.82) is 0 Å². The molecular weight excluding hydrogens is 232 g/mol. The van der Waals surface area contributed by atoms with E-state index in [0.717, 1.165) is 5.92 Å². The molecule has 2 rings (SSSR count). The van der Waals surface area contributed by atoms with E-state index >= 15 is 0 Å². The molecule has 0 bridgehead atoms. The number of hydrogen-bond donors (Lipinski definition) is 1. The molecule has 2 N–H and O–H groups in total. The molecule has 1 fully saturated rings. The summed E-state index contributed by atoms with van der Waals surface area (Å²) >= 11 is 0. The third kappa shape index (κ3) is 4.96. The van der Waals surface area contributed by atoms with Crippen LogP contribution in [0.2, 0.25) is 0 Å². The summed E-state index contributed by atoms with van der Waals surface area (Å²) in [6.07, 6.45) is 6.42. The van der Waals surface area contributed by atoms with E-state index in [9.17, 15) is 0 Å². The molecule has 0 saturated carbocycles. The summed E-state index contributed by atoms with van der Waals surface area (Å²) in [6, 6.07) is 11.2. The molecule has 1 aliphatic heterocycles. The van der Waals surface area contributed by atoms with Crippen LogP contribution in [0.4, 0.5) is 0 Å². The Morgan fingerprint density at radius 3 is 2.47 bits per heavy atom. The molecule has 2 heteroatoms. The minimum absolute atomic E-state index is 0.375. The first-order valence-electron chi connectivity index (χ1n) is 7.77. The van der Waals surface area contributed by atoms with Crippen molar-refractivity contribution in [2.24, 2.45) is 11.7 Å². The summed E-state index contributed by atoms with van der Waals surface area (Å²) in [5.74, 6) is 0.751. The van der Waals surface area contributed by atoms with Crippen LogP contribution in [0, 0.1) is 5.92 Å². The second-order valence-corrected chi connectivity index (χ2v) is 5.98. The van der Waals surface area contributed by atoms with E-state index in [4.69, 9.17) is 5.73 Å². The Morgan fingerprint density at radius 2 is 1.84 bits per heavy atom. The topological polar surface area (TPSA) is 29.3 Å². The zero-order valence-corrected chi connectivity index (χ0v) is 12.2. The summed E-state index contributed by atoms with van der Waals surface area (Å²) in [5.41, 5.74) is 7.45. The van der Waals surface area contributed by atoms with Gasteiger partial charge in [-0.25, -0.2) is 0 Å². The SMILES string of the molecule is CC(N)C1CCN(CCCCc2ccccc2)CC1. The fourth-order valence-electron chi connectivity index (χ4n) is 3.01. The number of rotatable bonds is 6. The largest absolute Gasteiger partial charge is 0.328 e. The third-order valence-corrected chi connectivity index (χ3v) is 4.41. The number of likely N-dealkylation sites (tertiary alicyclic amines) is 1. The van der Waals surface area contributed by atoms with Gasteiger partial charge < -0.3 is 10.6 Å². The zero-order valence-electron chi connectivity index (χ0n) is 12.2. The number of nitrogens with zero attached hydrogens (tertiary/aromatic N) is 1. The van der Waals surface area contributed by atoms with E-state index in [2.05, 4.69) is 42.2 Å². The molecular formula is C17H28N2. The second kappa shape index (κ2) is 7.66. The van der Waals surface area contributed by atoms with Crippen LogP contribution in [-0.4, -0.2) is 30.6 Å². The van der Waals surface area contributed by atoms with Crippen molar-refractivity contribution in [2.75, 3.05) is 19.6 Å². The van der Waals surface area contributed by atoms with Crippen LogP contribution in [0.25, 0.3) is 0 Å². The minimum atomic E-state index is 0.375. The molecule has 2 nitrogen and oxygen atoms in total. The molecule has 1 aromatic rings. The van der Waals surface area contributed by atoms with Gasteiger partial charge in [-0.2, -0.15) is 0 Å². The first-order valence-corrected chi connectivity index (χ1v) is 7.77. The number of piperidine rings is 1. The Labute approximate surface area is 118 Å². The van der Waals surface area contributed by atoms with E-state index in [1.807, 2.05) is 0 Å². The Hall–Kier alpha value is -0.860. The van der Waals surface area contributed by atoms with E-state index in [1.165, 1.54) is 57.3 Å². The van der Waals surface area contributed by atoms with Crippen LogP contribution in [0.5, 0.6) is 0 Å². The lowest BCUT2D eigenvalue weighted by atomic mass is 9.91. The Kier molecular flexibility index (Phi) is 5.87. The zero-order chi connectivity index (χ0) is 13.5. The van der Waals surface area contributed by atoms with Gasteiger partial charge in [0.25, 0.3) is 0 Å². The molecule has 0 amide bonds. The van der Waals surface area contributed by atoms with Crippen molar-refractivity contribution in [1.82, 2.24) is 4.90 Å². The van der Waals surface area contributed by atoms with Crippen molar-refractivity contribution < 1.29 is 0 Å². The highest BCUT2D eigenvalue weighted by molar-refractivity contribution is 5.14. The molecule has 0 radical (unpaired) electrons. The normalized spacial score (nSPS) is 19.5. The van der Waals surface area contributed by atoms with E-state index in [1.54, 1.807) is 0 Å². The summed E-state index contributed by atoms with van der Waals surface area (Å²) in [4.78, 5) is 2.61. The van der Waals surface area contributed by atoms with Gasteiger partial charge in [-0.3, -0.25) is 0 Å². The van der Waals surface area contributed by atoms with Crippen LogP contribution < -0.4 is 5.73 Å². The smallest absolute Gasteiger partial charge is 0.00397 e. The molecule has 106 valence electrons. The highest BCUT2D eigenvalue weighted by Gasteiger charge is 2.21. The van der Waals surface area contributed by atoms with Gasteiger partial charge in [0.15, 0.2) is 0 Å². The lowest BCUT2D eigenvalue weighted by Crippen LogP contribution is -2.40. The van der Waals surface area contributed by atoms with Gasteiger partial charge >= 0.3 is 0 Å². The fraction of sp³-hybridized carbons (Fsp3) is 0.647. The van der Waals surface area contributed by atoms with Gasteiger partial charge in [0.1, 0.15) is 0 Å². The lowest BCUT2D eigenvalue weighted by molar-refractivity contribution is 0.170. The predicted octanol–water partition coefficient (Wildman–Crippen LogP) is 3.07. The Bertz CT molecular complexity index is 340. The molecule has 0 spiro atoms. The lowest BCUT2D eigenvalue weighted by Gasteiger charge is -2.33. The number of nitrogens with two attached hydrogens (primary N) is 1. The molecule has 1 unspecified atom stereocenters. The summed E-state index contributed by atoms with van der Waals surface area (Å²) in [7, 11) is 0. The van der Waals surface area contributed by atoms with Crippen molar-refractivity contribution in [3.05, 3.63) is 35.9 Å². The van der Waals surface area contributed by atoms with Crippen molar-refractivity contribution in [3.8, 4) is 0 Å². The number of benzene rings is 1. The maximum Gasteiger partial charge on any atom is 0.00397 e. The molecule has 1 saturated heterocycles. The van der Waals surface area contributed by atoms with Gasteiger partial charge in [0.2, 0.25) is 0 Å². The first kappa shape index (κ1) is 14.5. The van der Waals surface area contributed by atoms with Crippen LogP contribution in [-0.2, 0) is 6.42 Å². The second-order valence-electron chi connectivity index (χ2n) is 5.98. The van der Waals surface area contributed by atoms with Gasteiger partial charge in [0.05, 0.1) is 0 Å². The predicted molar refractivity (Wildman–Crippen MR) is 82.2 cm³/mol. The molecule has 1 aromatic carbocycles.